The summed E-state index contributed by atoms with van der Waals surface area (Å²) in [6.07, 6.45) is 3.56. The lowest BCUT2D eigenvalue weighted by molar-refractivity contribution is 0.578. The summed E-state index contributed by atoms with van der Waals surface area (Å²) in [5.74, 6) is 0.442. The van der Waals surface area contributed by atoms with Crippen molar-refractivity contribution in [3.63, 3.8) is 0 Å². The summed E-state index contributed by atoms with van der Waals surface area (Å²) >= 11 is 0. The van der Waals surface area contributed by atoms with Gasteiger partial charge in [0.2, 0.25) is 0 Å². The zero-order valence-corrected chi connectivity index (χ0v) is 11.1. The third-order valence-electron chi connectivity index (χ3n) is 2.74. The zero-order chi connectivity index (χ0) is 12.9. The molecule has 0 unspecified atom stereocenters. The molecule has 0 saturated heterocycles. The summed E-state index contributed by atoms with van der Waals surface area (Å²) in [7, 11) is 3.25. The van der Waals surface area contributed by atoms with Crippen molar-refractivity contribution in [3.8, 4) is 11.5 Å². The van der Waals surface area contributed by atoms with Crippen LogP contribution in [0.25, 0.3) is 11.5 Å². The maximum absolute atomic E-state index is 11.5. The summed E-state index contributed by atoms with van der Waals surface area (Å²) < 4.78 is 26.1. The SMILES string of the molecule is Cn1ccc(-c2nnc(S(=O)(=O)Cl)n2C2CC2)n1. The molecule has 2 aromatic heterocycles. The van der Waals surface area contributed by atoms with E-state index >= 15 is 0 Å². The number of aromatic nitrogens is 5. The average molecular weight is 288 g/mol. The van der Waals surface area contributed by atoms with Gasteiger partial charge in [-0.15, -0.1) is 10.2 Å². The molecule has 18 heavy (non-hydrogen) atoms. The van der Waals surface area contributed by atoms with Crippen molar-refractivity contribution in [2.24, 2.45) is 7.05 Å². The summed E-state index contributed by atoms with van der Waals surface area (Å²) in [5.41, 5.74) is 0.587. The topological polar surface area (TPSA) is 82.7 Å². The van der Waals surface area contributed by atoms with Crippen molar-refractivity contribution in [1.29, 1.82) is 0 Å². The lowest BCUT2D eigenvalue weighted by atomic mass is 10.4. The molecule has 0 amide bonds. The van der Waals surface area contributed by atoms with E-state index in [-0.39, 0.29) is 11.2 Å². The van der Waals surface area contributed by atoms with Crippen LogP contribution in [0.5, 0.6) is 0 Å². The molecule has 0 bridgehead atoms. The van der Waals surface area contributed by atoms with E-state index < -0.39 is 9.05 Å². The fourth-order valence-corrected chi connectivity index (χ4v) is 2.74. The predicted molar refractivity (Wildman–Crippen MR) is 63.5 cm³/mol. The molecule has 3 rings (SSSR count). The average Bonchev–Trinajstić information content (AvgIpc) is 2.85. The highest BCUT2D eigenvalue weighted by Crippen LogP contribution is 2.40. The molecule has 0 aliphatic heterocycles. The first-order valence-corrected chi connectivity index (χ1v) is 7.67. The van der Waals surface area contributed by atoms with Gasteiger partial charge in [-0.25, -0.2) is 8.42 Å². The number of rotatable bonds is 3. The van der Waals surface area contributed by atoms with Gasteiger partial charge in [0.25, 0.3) is 14.2 Å². The van der Waals surface area contributed by atoms with E-state index in [0.717, 1.165) is 12.8 Å². The lowest BCUT2D eigenvalue weighted by Gasteiger charge is -2.04. The Morgan fingerprint density at radius 3 is 2.61 bits per heavy atom. The third-order valence-corrected chi connectivity index (χ3v) is 3.87. The van der Waals surface area contributed by atoms with Crippen LogP contribution in [-0.2, 0) is 16.1 Å². The first-order chi connectivity index (χ1) is 8.47. The molecule has 7 nitrogen and oxygen atoms in total. The van der Waals surface area contributed by atoms with Gasteiger partial charge < -0.3 is 0 Å². The van der Waals surface area contributed by atoms with Crippen LogP contribution >= 0.6 is 10.7 Å². The van der Waals surface area contributed by atoms with Crippen molar-refractivity contribution < 1.29 is 8.42 Å². The standard InChI is InChI=1S/C9H10ClN5O2S/c1-14-5-4-7(13-14)8-11-12-9(18(10,16)17)15(8)6-2-3-6/h4-6H,2-3H2,1H3. The maximum Gasteiger partial charge on any atom is 0.296 e. The van der Waals surface area contributed by atoms with Crippen molar-refractivity contribution >= 4 is 19.7 Å². The summed E-state index contributed by atoms with van der Waals surface area (Å²) in [6.45, 7) is 0. The Morgan fingerprint density at radius 2 is 2.11 bits per heavy atom. The van der Waals surface area contributed by atoms with E-state index in [0.29, 0.717) is 11.5 Å². The van der Waals surface area contributed by atoms with Gasteiger partial charge in [0.1, 0.15) is 5.69 Å². The van der Waals surface area contributed by atoms with Crippen molar-refractivity contribution in [3.05, 3.63) is 12.3 Å². The second-order valence-corrected chi connectivity index (χ2v) is 6.68. The Kier molecular flexibility index (Phi) is 2.46. The summed E-state index contributed by atoms with van der Waals surface area (Å²) in [6, 6.07) is 1.86. The van der Waals surface area contributed by atoms with Gasteiger partial charge in [-0.05, 0) is 18.9 Å². The Bertz CT molecular complexity index is 700. The molecular weight excluding hydrogens is 278 g/mol. The van der Waals surface area contributed by atoms with Crippen LogP contribution < -0.4 is 0 Å². The molecule has 9 heteroatoms. The van der Waals surface area contributed by atoms with Crippen LogP contribution in [0.1, 0.15) is 18.9 Å². The van der Waals surface area contributed by atoms with E-state index in [4.69, 9.17) is 10.7 Å². The maximum atomic E-state index is 11.5. The molecule has 0 aromatic carbocycles. The largest absolute Gasteiger partial charge is 0.296 e. The van der Waals surface area contributed by atoms with Gasteiger partial charge in [0, 0.05) is 30.0 Å². The Labute approximate surface area is 108 Å². The highest BCUT2D eigenvalue weighted by Gasteiger charge is 2.34. The number of nitrogens with zero attached hydrogens (tertiary/aromatic N) is 5. The quantitative estimate of drug-likeness (QED) is 0.785. The van der Waals surface area contributed by atoms with Crippen LogP contribution in [0.2, 0.25) is 0 Å². The van der Waals surface area contributed by atoms with Gasteiger partial charge in [0.15, 0.2) is 5.82 Å². The van der Waals surface area contributed by atoms with Crippen LogP contribution in [0, 0.1) is 0 Å². The zero-order valence-electron chi connectivity index (χ0n) is 9.49. The van der Waals surface area contributed by atoms with E-state index in [1.54, 1.807) is 28.6 Å². The normalized spacial score (nSPS) is 16.1. The fraction of sp³-hybridized carbons (Fsp3) is 0.444. The monoisotopic (exact) mass is 287 g/mol. The van der Waals surface area contributed by atoms with Gasteiger partial charge in [0.05, 0.1) is 0 Å². The minimum absolute atomic E-state index is 0.0977. The molecule has 96 valence electrons. The number of hydrogen-bond donors (Lipinski definition) is 0. The smallest absolute Gasteiger partial charge is 0.292 e. The first-order valence-electron chi connectivity index (χ1n) is 5.36. The molecule has 0 radical (unpaired) electrons. The number of halogens is 1. The van der Waals surface area contributed by atoms with Crippen molar-refractivity contribution in [2.75, 3.05) is 0 Å². The third kappa shape index (κ3) is 1.91. The molecule has 1 aliphatic rings. The Morgan fingerprint density at radius 1 is 1.39 bits per heavy atom. The molecule has 1 aliphatic carbocycles. The minimum Gasteiger partial charge on any atom is -0.292 e. The molecule has 0 N–H and O–H groups in total. The van der Waals surface area contributed by atoms with E-state index in [1.807, 2.05) is 0 Å². The van der Waals surface area contributed by atoms with Crippen LogP contribution in [0.3, 0.4) is 0 Å². The first kappa shape index (κ1) is 11.7. The van der Waals surface area contributed by atoms with Crippen molar-refractivity contribution in [2.45, 2.75) is 24.0 Å². The predicted octanol–water partition coefficient (Wildman–Crippen LogP) is 0.941. The van der Waals surface area contributed by atoms with Gasteiger partial charge in [-0.3, -0.25) is 9.25 Å². The Hall–Kier alpha value is -1.41. The second kappa shape index (κ2) is 3.79. The van der Waals surface area contributed by atoms with Crippen LogP contribution in [-0.4, -0.2) is 33.0 Å². The summed E-state index contributed by atoms with van der Waals surface area (Å²) in [4.78, 5) is 0. The van der Waals surface area contributed by atoms with Gasteiger partial charge in [-0.1, -0.05) is 0 Å². The molecule has 0 spiro atoms. The molecule has 1 saturated carbocycles. The number of hydrogen-bond acceptors (Lipinski definition) is 5. The summed E-state index contributed by atoms with van der Waals surface area (Å²) in [5, 5.41) is 11.6. The molecule has 2 aromatic rings. The fourth-order valence-electron chi connectivity index (χ4n) is 1.81. The Balaban J connectivity index is 2.19. The molecule has 1 fully saturated rings. The number of aryl methyl sites for hydroxylation is 1. The highest BCUT2D eigenvalue weighted by atomic mass is 35.7. The van der Waals surface area contributed by atoms with Crippen LogP contribution in [0.15, 0.2) is 17.4 Å². The molecule has 0 atom stereocenters. The molecular formula is C9H10ClN5O2S. The van der Waals surface area contributed by atoms with Gasteiger partial charge >= 0.3 is 0 Å². The minimum atomic E-state index is -3.89. The van der Waals surface area contributed by atoms with Crippen LogP contribution in [0.4, 0.5) is 0 Å². The van der Waals surface area contributed by atoms with Crippen molar-refractivity contribution in [1.82, 2.24) is 24.5 Å². The van der Waals surface area contributed by atoms with E-state index in [2.05, 4.69) is 15.3 Å². The van der Waals surface area contributed by atoms with Gasteiger partial charge in [-0.2, -0.15) is 5.10 Å². The molecule has 2 heterocycles. The second-order valence-electron chi connectivity index (χ2n) is 4.22. The van der Waals surface area contributed by atoms with E-state index in [1.165, 1.54) is 0 Å². The van der Waals surface area contributed by atoms with E-state index in [9.17, 15) is 8.42 Å². The lowest BCUT2D eigenvalue weighted by Crippen LogP contribution is -2.06. The highest BCUT2D eigenvalue weighted by molar-refractivity contribution is 8.13.